The smallest absolute Gasteiger partial charge is 0.256 e. The second-order valence-electron chi connectivity index (χ2n) is 5.42. The Balaban J connectivity index is 2.18. The van der Waals surface area contributed by atoms with Crippen molar-refractivity contribution in [2.45, 2.75) is 25.3 Å². The highest BCUT2D eigenvalue weighted by molar-refractivity contribution is 5.97. The number of nitrogens with zero attached hydrogens (tertiary/aromatic N) is 2. The molecule has 0 aromatic heterocycles. The Morgan fingerprint density at radius 3 is 2.70 bits per heavy atom. The molecule has 2 rings (SSSR count). The molecule has 1 aliphatic heterocycles. The highest BCUT2D eigenvalue weighted by atomic mass is 16.3. The molecule has 1 aliphatic rings. The summed E-state index contributed by atoms with van der Waals surface area (Å²) < 4.78 is 0. The van der Waals surface area contributed by atoms with E-state index in [1.807, 2.05) is 7.05 Å². The largest absolute Gasteiger partial charge is 0.507 e. The van der Waals surface area contributed by atoms with Gasteiger partial charge in [0.15, 0.2) is 0 Å². The Morgan fingerprint density at radius 2 is 2.10 bits per heavy atom. The average molecular weight is 273 g/mol. The number of rotatable bonds is 2. The van der Waals surface area contributed by atoms with Crippen LogP contribution in [-0.4, -0.2) is 41.6 Å². The average Bonchev–Trinajstić information content (AvgIpc) is 2.44. The topological polar surface area (TPSA) is 76.4 Å². The lowest BCUT2D eigenvalue weighted by molar-refractivity contribution is 0.0879. The Morgan fingerprint density at radius 1 is 1.45 bits per heavy atom. The summed E-state index contributed by atoms with van der Waals surface area (Å²) in [6, 6.07) is 7.26. The highest BCUT2D eigenvalue weighted by Gasteiger charge is 2.35. The van der Waals surface area contributed by atoms with Crippen LogP contribution >= 0.6 is 0 Å². The van der Waals surface area contributed by atoms with Gasteiger partial charge in [0.2, 0.25) is 0 Å². The molecule has 1 saturated heterocycles. The van der Waals surface area contributed by atoms with Gasteiger partial charge >= 0.3 is 0 Å². The number of phenols is 1. The van der Waals surface area contributed by atoms with Gasteiger partial charge in [-0.05, 0) is 38.4 Å². The number of nitrogens with one attached hydrogen (secondary N) is 1. The summed E-state index contributed by atoms with van der Waals surface area (Å²) in [7, 11) is 2.00. The van der Waals surface area contributed by atoms with Crippen LogP contribution in [0, 0.1) is 18.3 Å². The third kappa shape index (κ3) is 2.75. The van der Waals surface area contributed by atoms with Gasteiger partial charge in [0, 0.05) is 13.1 Å². The van der Waals surface area contributed by atoms with E-state index in [1.54, 1.807) is 25.1 Å². The van der Waals surface area contributed by atoms with Gasteiger partial charge in [0.1, 0.15) is 11.3 Å². The first-order chi connectivity index (χ1) is 9.47. The van der Waals surface area contributed by atoms with Crippen LogP contribution < -0.4 is 5.32 Å². The number of nitriles is 1. The Labute approximate surface area is 118 Å². The summed E-state index contributed by atoms with van der Waals surface area (Å²) in [5, 5.41) is 22.1. The Kier molecular flexibility index (Phi) is 3.96. The van der Waals surface area contributed by atoms with Crippen molar-refractivity contribution in [1.82, 2.24) is 10.2 Å². The summed E-state index contributed by atoms with van der Waals surface area (Å²) in [6.07, 6.45) is 1.19. The number of carbonyl (C=O) groups excluding carboxylic acids is 1. The normalized spacial score (nSPS) is 18.2. The van der Waals surface area contributed by atoms with E-state index in [0.717, 1.165) is 13.1 Å². The Hall–Kier alpha value is -2.06. The lowest BCUT2D eigenvalue weighted by Gasteiger charge is -2.36. The maximum atomic E-state index is 12.3. The highest BCUT2D eigenvalue weighted by Crippen LogP contribution is 2.25. The summed E-state index contributed by atoms with van der Waals surface area (Å²) in [5.41, 5.74) is 0.0327. The summed E-state index contributed by atoms with van der Waals surface area (Å²) in [4.78, 5) is 14.4. The molecule has 2 N–H and O–H groups in total. The lowest BCUT2D eigenvalue weighted by atomic mass is 9.88. The van der Waals surface area contributed by atoms with E-state index in [2.05, 4.69) is 16.3 Å². The summed E-state index contributed by atoms with van der Waals surface area (Å²) in [5.74, 6) is -0.414. The molecule has 1 aromatic carbocycles. The van der Waals surface area contributed by atoms with Crippen molar-refractivity contribution in [1.29, 1.82) is 5.26 Å². The molecular formula is C15H19N3O2. The fourth-order valence-corrected chi connectivity index (χ4v) is 2.39. The molecule has 1 amide bonds. The van der Waals surface area contributed by atoms with Gasteiger partial charge in [0.25, 0.3) is 5.91 Å². The van der Waals surface area contributed by atoms with Crippen molar-refractivity contribution in [3.63, 3.8) is 0 Å². The molecule has 0 spiro atoms. The molecule has 5 nitrogen and oxygen atoms in total. The molecule has 1 heterocycles. The zero-order valence-corrected chi connectivity index (χ0v) is 11.8. The first kappa shape index (κ1) is 14.4. The number of phenolic OH excluding ortho intramolecular Hbond substituents is 1. The second-order valence-corrected chi connectivity index (χ2v) is 5.42. The van der Waals surface area contributed by atoms with Crippen LogP contribution in [0.5, 0.6) is 5.75 Å². The van der Waals surface area contributed by atoms with Gasteiger partial charge in [-0.15, -0.1) is 0 Å². The minimum atomic E-state index is -0.834. The van der Waals surface area contributed by atoms with Crippen LogP contribution in [0.4, 0.5) is 0 Å². The van der Waals surface area contributed by atoms with Crippen LogP contribution in [0.2, 0.25) is 0 Å². The first-order valence-electron chi connectivity index (χ1n) is 6.68. The summed E-state index contributed by atoms with van der Waals surface area (Å²) >= 11 is 0. The molecule has 0 atom stereocenters. The third-order valence-corrected chi connectivity index (χ3v) is 3.89. The number of aryl methyl sites for hydroxylation is 1. The van der Waals surface area contributed by atoms with E-state index in [1.165, 1.54) is 0 Å². The van der Waals surface area contributed by atoms with Crippen molar-refractivity contribution >= 4 is 5.91 Å². The van der Waals surface area contributed by atoms with E-state index in [9.17, 15) is 15.2 Å². The molecule has 0 unspecified atom stereocenters. The molecule has 106 valence electrons. The number of hydrogen-bond acceptors (Lipinski definition) is 4. The van der Waals surface area contributed by atoms with Crippen molar-refractivity contribution in [2.24, 2.45) is 0 Å². The van der Waals surface area contributed by atoms with E-state index in [0.29, 0.717) is 18.4 Å². The number of benzene rings is 1. The maximum absolute atomic E-state index is 12.3. The molecule has 1 fully saturated rings. The molecule has 5 heteroatoms. The predicted octanol–water partition coefficient (Wildman–Crippen LogP) is 1.42. The fourth-order valence-electron chi connectivity index (χ4n) is 2.39. The van der Waals surface area contributed by atoms with E-state index >= 15 is 0 Å². The van der Waals surface area contributed by atoms with Gasteiger partial charge < -0.3 is 15.3 Å². The molecule has 0 bridgehead atoms. The maximum Gasteiger partial charge on any atom is 0.256 e. The number of piperidine rings is 1. The predicted molar refractivity (Wildman–Crippen MR) is 75.4 cm³/mol. The van der Waals surface area contributed by atoms with Crippen LogP contribution in [0.25, 0.3) is 0 Å². The first-order valence-corrected chi connectivity index (χ1v) is 6.68. The van der Waals surface area contributed by atoms with Crippen LogP contribution in [0.1, 0.15) is 28.8 Å². The number of para-hydroxylation sites is 1. The Bertz CT molecular complexity index is 555. The van der Waals surface area contributed by atoms with Crippen molar-refractivity contribution in [3.8, 4) is 11.8 Å². The van der Waals surface area contributed by atoms with Gasteiger partial charge in [-0.3, -0.25) is 4.79 Å². The zero-order valence-electron chi connectivity index (χ0n) is 11.8. The fraction of sp³-hybridized carbons (Fsp3) is 0.467. The summed E-state index contributed by atoms with van der Waals surface area (Å²) in [6.45, 7) is 3.28. The number of carbonyl (C=O) groups is 1. The molecular weight excluding hydrogens is 254 g/mol. The number of likely N-dealkylation sites (tertiary alicyclic amines) is 1. The SMILES string of the molecule is Cc1cccc(C(=O)NC2(C#N)CCN(C)CC2)c1O. The van der Waals surface area contributed by atoms with Gasteiger partial charge in [-0.25, -0.2) is 0 Å². The van der Waals surface area contributed by atoms with E-state index in [-0.39, 0.29) is 11.3 Å². The molecule has 0 radical (unpaired) electrons. The lowest BCUT2D eigenvalue weighted by Crippen LogP contribution is -2.53. The second kappa shape index (κ2) is 5.51. The molecule has 0 aliphatic carbocycles. The minimum Gasteiger partial charge on any atom is -0.507 e. The van der Waals surface area contributed by atoms with Gasteiger partial charge in [-0.2, -0.15) is 5.26 Å². The van der Waals surface area contributed by atoms with Crippen molar-refractivity contribution in [3.05, 3.63) is 29.3 Å². The number of hydrogen-bond donors (Lipinski definition) is 2. The van der Waals surface area contributed by atoms with Crippen LogP contribution in [0.15, 0.2) is 18.2 Å². The van der Waals surface area contributed by atoms with Gasteiger partial charge in [-0.1, -0.05) is 12.1 Å². The standard InChI is InChI=1S/C15H19N3O2/c1-11-4-3-5-12(13(11)19)14(20)17-15(10-16)6-8-18(2)9-7-15/h3-5,19H,6-9H2,1-2H3,(H,17,20). The molecule has 1 aromatic rings. The zero-order chi connectivity index (χ0) is 14.8. The quantitative estimate of drug-likeness (QED) is 0.854. The van der Waals surface area contributed by atoms with E-state index in [4.69, 9.17) is 0 Å². The van der Waals surface area contributed by atoms with E-state index < -0.39 is 11.4 Å². The van der Waals surface area contributed by atoms with Crippen LogP contribution in [-0.2, 0) is 0 Å². The monoisotopic (exact) mass is 273 g/mol. The third-order valence-electron chi connectivity index (χ3n) is 3.89. The number of amides is 1. The van der Waals surface area contributed by atoms with Gasteiger partial charge in [0.05, 0.1) is 11.6 Å². The molecule has 0 saturated carbocycles. The van der Waals surface area contributed by atoms with Crippen LogP contribution in [0.3, 0.4) is 0 Å². The minimum absolute atomic E-state index is 0.0222. The van der Waals surface area contributed by atoms with Crippen molar-refractivity contribution < 1.29 is 9.90 Å². The van der Waals surface area contributed by atoms with Crippen molar-refractivity contribution in [2.75, 3.05) is 20.1 Å². The molecule has 20 heavy (non-hydrogen) atoms. The number of aromatic hydroxyl groups is 1.